The number of amidine groups is 1. The summed E-state index contributed by atoms with van der Waals surface area (Å²) in [6.07, 6.45) is 1.20. The van der Waals surface area contributed by atoms with Gasteiger partial charge < -0.3 is 0 Å². The van der Waals surface area contributed by atoms with Crippen LogP contribution in [0.5, 0.6) is 0 Å². The lowest BCUT2D eigenvalue weighted by molar-refractivity contribution is -0.116. The first-order valence-electron chi connectivity index (χ1n) is 9.03. The number of benzene rings is 2. The van der Waals surface area contributed by atoms with Crippen LogP contribution in [-0.4, -0.2) is 21.8 Å². The number of rotatable bonds is 4. The zero-order chi connectivity index (χ0) is 19.7. The van der Waals surface area contributed by atoms with Crippen LogP contribution in [0.4, 0.5) is 4.39 Å². The van der Waals surface area contributed by atoms with E-state index in [9.17, 15) is 9.18 Å². The SMILES string of the molecule is CCCCSC1=NN2C(=c3ccccc3=N[C@@H]2c2c(F)cccc2Cl)C(=O)N1. The molecule has 0 spiro atoms. The Kier molecular flexibility index (Phi) is 5.37. The van der Waals surface area contributed by atoms with Crippen molar-refractivity contribution in [3.05, 3.63) is 69.4 Å². The van der Waals surface area contributed by atoms with Crippen molar-refractivity contribution in [3.63, 3.8) is 0 Å². The van der Waals surface area contributed by atoms with Crippen LogP contribution in [0.15, 0.2) is 52.6 Å². The standard InChI is InChI=1S/C20H18ClFN4OS/c1-2-3-11-28-20-24-19(27)17-12-7-4-5-10-15(12)23-18(26(17)25-20)16-13(21)8-6-9-14(16)22/h4-10,18H,2-3,11H2,1H3,(H,24,25,27)/t18-/m0/s1. The Hall–Kier alpha value is -2.38. The molecule has 2 aliphatic heterocycles. The summed E-state index contributed by atoms with van der Waals surface area (Å²) in [4.78, 5) is 17.6. The maximum absolute atomic E-state index is 14.7. The van der Waals surface area contributed by atoms with E-state index < -0.39 is 12.0 Å². The molecule has 2 aromatic rings. The third-order valence-electron chi connectivity index (χ3n) is 4.51. The minimum Gasteiger partial charge on any atom is -0.298 e. The van der Waals surface area contributed by atoms with Crippen molar-refractivity contribution in [3.8, 4) is 0 Å². The molecular formula is C20H18ClFN4OS. The van der Waals surface area contributed by atoms with Crippen LogP contribution >= 0.6 is 23.4 Å². The van der Waals surface area contributed by atoms with Crippen molar-refractivity contribution in [2.45, 2.75) is 25.9 Å². The molecule has 28 heavy (non-hydrogen) atoms. The summed E-state index contributed by atoms with van der Waals surface area (Å²) in [5.74, 6) is 0.0626. The van der Waals surface area contributed by atoms with Crippen molar-refractivity contribution in [2.24, 2.45) is 10.1 Å². The van der Waals surface area contributed by atoms with Crippen LogP contribution in [-0.2, 0) is 4.79 Å². The van der Waals surface area contributed by atoms with E-state index in [1.165, 1.54) is 22.8 Å². The summed E-state index contributed by atoms with van der Waals surface area (Å²) >= 11 is 7.77. The van der Waals surface area contributed by atoms with Gasteiger partial charge in [-0.05, 0) is 24.6 Å². The van der Waals surface area contributed by atoms with Gasteiger partial charge in [0.2, 0.25) is 0 Å². The van der Waals surface area contributed by atoms with E-state index in [-0.39, 0.29) is 16.5 Å². The molecule has 0 bridgehead atoms. The maximum atomic E-state index is 14.7. The number of nitrogens with one attached hydrogen (secondary N) is 1. The molecular weight excluding hydrogens is 399 g/mol. The molecule has 2 heterocycles. The van der Waals surface area contributed by atoms with Crippen LogP contribution in [0.3, 0.4) is 0 Å². The van der Waals surface area contributed by atoms with Gasteiger partial charge in [-0.1, -0.05) is 61.0 Å². The predicted octanol–water partition coefficient (Wildman–Crippen LogP) is 3.16. The highest BCUT2D eigenvalue weighted by Crippen LogP contribution is 2.35. The average Bonchev–Trinajstić information content (AvgIpc) is 2.68. The highest BCUT2D eigenvalue weighted by molar-refractivity contribution is 8.13. The van der Waals surface area contributed by atoms with Crippen LogP contribution in [0, 0.1) is 5.82 Å². The molecule has 0 saturated carbocycles. The number of para-hydroxylation sites is 1. The third kappa shape index (κ3) is 3.40. The highest BCUT2D eigenvalue weighted by atomic mass is 35.5. The number of carbonyl (C=O) groups is 1. The monoisotopic (exact) mass is 416 g/mol. The fraction of sp³-hybridized carbons (Fsp3) is 0.250. The maximum Gasteiger partial charge on any atom is 0.276 e. The fourth-order valence-corrected chi connectivity index (χ4v) is 4.35. The summed E-state index contributed by atoms with van der Waals surface area (Å²) in [5, 5.41) is 10.9. The zero-order valence-corrected chi connectivity index (χ0v) is 16.7. The van der Waals surface area contributed by atoms with E-state index in [1.54, 1.807) is 18.2 Å². The Morgan fingerprint density at radius 2 is 2.07 bits per heavy atom. The van der Waals surface area contributed by atoms with E-state index in [1.807, 2.05) is 18.2 Å². The number of fused-ring (bicyclic) bond motifs is 2. The number of amides is 1. The topological polar surface area (TPSA) is 57.1 Å². The number of halogens is 2. The van der Waals surface area contributed by atoms with E-state index in [4.69, 9.17) is 11.6 Å². The van der Waals surface area contributed by atoms with Crippen LogP contribution in [0.1, 0.15) is 31.5 Å². The number of nitrogens with zero attached hydrogens (tertiary/aromatic N) is 3. The Labute approximate surface area is 171 Å². The number of unbranched alkanes of at least 4 members (excludes halogenated alkanes) is 1. The first-order chi connectivity index (χ1) is 13.6. The number of carbonyl (C=O) groups excluding carboxylic acids is 1. The van der Waals surface area contributed by atoms with E-state index in [2.05, 4.69) is 22.3 Å². The van der Waals surface area contributed by atoms with Crippen molar-refractivity contribution in [2.75, 3.05) is 5.75 Å². The quantitative estimate of drug-likeness (QED) is 0.779. The second kappa shape index (κ2) is 7.93. The molecule has 0 saturated heterocycles. The molecule has 144 valence electrons. The molecule has 1 amide bonds. The van der Waals surface area contributed by atoms with Gasteiger partial charge in [0.25, 0.3) is 5.91 Å². The van der Waals surface area contributed by atoms with Crippen LogP contribution in [0.25, 0.3) is 5.70 Å². The Balaban J connectivity index is 1.89. The summed E-state index contributed by atoms with van der Waals surface area (Å²) in [5.41, 5.74) is 0.544. The first-order valence-corrected chi connectivity index (χ1v) is 10.4. The number of thioether (sulfide) groups is 1. The molecule has 0 unspecified atom stereocenters. The lowest BCUT2D eigenvalue weighted by Gasteiger charge is -2.34. The highest BCUT2D eigenvalue weighted by Gasteiger charge is 2.36. The second-order valence-corrected chi connectivity index (χ2v) is 7.90. The van der Waals surface area contributed by atoms with Crippen LogP contribution < -0.4 is 15.9 Å². The Morgan fingerprint density at radius 1 is 1.25 bits per heavy atom. The van der Waals surface area contributed by atoms with Gasteiger partial charge in [0.15, 0.2) is 11.3 Å². The fourth-order valence-electron chi connectivity index (χ4n) is 3.15. The van der Waals surface area contributed by atoms with Crippen molar-refractivity contribution >= 4 is 40.1 Å². The van der Waals surface area contributed by atoms with Crippen LogP contribution in [0.2, 0.25) is 5.02 Å². The normalized spacial score (nSPS) is 18.0. The predicted molar refractivity (Wildman–Crippen MR) is 110 cm³/mol. The molecule has 0 radical (unpaired) electrons. The van der Waals surface area contributed by atoms with E-state index in [0.717, 1.165) is 18.6 Å². The molecule has 1 N–H and O–H groups in total. The molecule has 1 atom stereocenters. The molecule has 5 nitrogen and oxygen atoms in total. The number of hydrogen-bond donors (Lipinski definition) is 1. The molecule has 2 aromatic carbocycles. The van der Waals surface area contributed by atoms with Gasteiger partial charge in [-0.25, -0.2) is 9.40 Å². The van der Waals surface area contributed by atoms with E-state index in [0.29, 0.717) is 21.4 Å². The van der Waals surface area contributed by atoms with Gasteiger partial charge in [-0.15, -0.1) is 5.10 Å². The number of hydrazone groups is 1. The smallest absolute Gasteiger partial charge is 0.276 e. The van der Waals surface area contributed by atoms with Crippen molar-refractivity contribution < 1.29 is 9.18 Å². The average molecular weight is 417 g/mol. The van der Waals surface area contributed by atoms with Crippen molar-refractivity contribution in [1.82, 2.24) is 10.3 Å². The van der Waals surface area contributed by atoms with Gasteiger partial charge in [-0.3, -0.25) is 15.1 Å². The van der Waals surface area contributed by atoms with Gasteiger partial charge in [0, 0.05) is 11.0 Å². The van der Waals surface area contributed by atoms with Crippen molar-refractivity contribution in [1.29, 1.82) is 0 Å². The van der Waals surface area contributed by atoms with Gasteiger partial charge >= 0.3 is 0 Å². The number of hydrogen-bond acceptors (Lipinski definition) is 5. The largest absolute Gasteiger partial charge is 0.298 e. The molecule has 4 rings (SSSR count). The summed E-state index contributed by atoms with van der Waals surface area (Å²) in [6.45, 7) is 2.10. The Bertz CT molecular complexity index is 1070. The lowest BCUT2D eigenvalue weighted by Crippen LogP contribution is -2.50. The zero-order valence-electron chi connectivity index (χ0n) is 15.2. The minimum atomic E-state index is -0.855. The summed E-state index contributed by atoms with van der Waals surface area (Å²) < 4.78 is 14.7. The molecule has 0 aromatic heterocycles. The molecule has 8 heteroatoms. The molecule has 0 fully saturated rings. The lowest BCUT2D eigenvalue weighted by atomic mass is 10.1. The van der Waals surface area contributed by atoms with Gasteiger partial charge in [0.05, 0.1) is 15.9 Å². The minimum absolute atomic E-state index is 0.201. The second-order valence-electron chi connectivity index (χ2n) is 6.41. The van der Waals surface area contributed by atoms with Gasteiger partial charge in [-0.2, -0.15) is 0 Å². The Morgan fingerprint density at radius 3 is 2.86 bits per heavy atom. The van der Waals surface area contributed by atoms with E-state index >= 15 is 0 Å². The molecule has 2 aliphatic rings. The summed E-state index contributed by atoms with van der Waals surface area (Å²) in [6, 6.07) is 11.8. The van der Waals surface area contributed by atoms with Gasteiger partial charge in [0.1, 0.15) is 11.5 Å². The first kappa shape index (κ1) is 19.0. The molecule has 0 aliphatic carbocycles. The summed E-state index contributed by atoms with van der Waals surface area (Å²) in [7, 11) is 0. The third-order valence-corrected chi connectivity index (χ3v) is 5.79.